The number of likely N-dealkylation sites (N-methyl/N-ethyl adjacent to an activating group) is 1. The Kier molecular flexibility index (Phi) is 4.25. The second-order valence-corrected chi connectivity index (χ2v) is 5.52. The average molecular weight is 248 g/mol. The molecule has 100 valence electrons. The molecule has 1 fully saturated rings. The molecule has 1 aromatic carbocycles. The highest BCUT2D eigenvalue weighted by Gasteiger charge is 2.25. The molecule has 1 saturated heterocycles. The second kappa shape index (κ2) is 5.72. The molecular formula is C15H24N2O. The maximum Gasteiger partial charge on any atom is 0.0684 e. The normalized spacial score (nSPS) is 19.8. The van der Waals surface area contributed by atoms with Crippen LogP contribution in [0, 0.1) is 6.92 Å². The van der Waals surface area contributed by atoms with Crippen molar-refractivity contribution in [3.63, 3.8) is 0 Å². The van der Waals surface area contributed by atoms with Crippen LogP contribution in [0.4, 0.5) is 5.69 Å². The summed E-state index contributed by atoms with van der Waals surface area (Å²) in [7, 11) is 4.27. The fraction of sp³-hybridized carbons (Fsp3) is 0.600. The Morgan fingerprint density at radius 2 is 2.17 bits per heavy atom. The Hall–Kier alpha value is -1.06. The van der Waals surface area contributed by atoms with E-state index in [4.69, 9.17) is 0 Å². The fourth-order valence-corrected chi connectivity index (χ4v) is 2.82. The van der Waals surface area contributed by atoms with Gasteiger partial charge in [-0.2, -0.15) is 0 Å². The van der Waals surface area contributed by atoms with Gasteiger partial charge in [-0.3, -0.25) is 0 Å². The number of hydrogen-bond acceptors (Lipinski definition) is 3. The predicted octanol–water partition coefficient (Wildman–Crippen LogP) is 2.02. The minimum absolute atomic E-state index is 0.132. The SMILES string of the molecule is Cc1cc(N2CCCC2CN(C)C)ccc1CO. The van der Waals surface area contributed by atoms with Crippen LogP contribution in [-0.2, 0) is 6.61 Å². The molecule has 2 rings (SSSR count). The summed E-state index contributed by atoms with van der Waals surface area (Å²) < 4.78 is 0. The van der Waals surface area contributed by atoms with E-state index in [9.17, 15) is 5.11 Å². The summed E-state index contributed by atoms with van der Waals surface area (Å²) in [5.74, 6) is 0. The summed E-state index contributed by atoms with van der Waals surface area (Å²) in [4.78, 5) is 4.77. The summed E-state index contributed by atoms with van der Waals surface area (Å²) in [5.41, 5.74) is 3.52. The molecule has 1 aromatic rings. The van der Waals surface area contributed by atoms with Gasteiger partial charge in [-0.05, 0) is 57.1 Å². The molecule has 1 heterocycles. The first-order valence-corrected chi connectivity index (χ1v) is 6.73. The van der Waals surface area contributed by atoms with Crippen LogP contribution < -0.4 is 4.90 Å². The van der Waals surface area contributed by atoms with Gasteiger partial charge in [0.05, 0.1) is 6.61 Å². The Morgan fingerprint density at radius 1 is 1.39 bits per heavy atom. The smallest absolute Gasteiger partial charge is 0.0684 e. The molecule has 0 amide bonds. The van der Waals surface area contributed by atoms with Crippen molar-refractivity contribution >= 4 is 5.69 Å². The van der Waals surface area contributed by atoms with Gasteiger partial charge in [-0.15, -0.1) is 0 Å². The van der Waals surface area contributed by atoms with Gasteiger partial charge in [0.1, 0.15) is 0 Å². The first kappa shape index (κ1) is 13.4. The van der Waals surface area contributed by atoms with Crippen molar-refractivity contribution in [2.45, 2.75) is 32.4 Å². The van der Waals surface area contributed by atoms with E-state index in [0.717, 1.165) is 18.7 Å². The van der Waals surface area contributed by atoms with E-state index in [0.29, 0.717) is 6.04 Å². The van der Waals surface area contributed by atoms with E-state index in [1.54, 1.807) is 0 Å². The summed E-state index contributed by atoms with van der Waals surface area (Å²) in [6.07, 6.45) is 2.55. The van der Waals surface area contributed by atoms with Crippen molar-refractivity contribution in [1.29, 1.82) is 0 Å². The first-order valence-electron chi connectivity index (χ1n) is 6.73. The number of benzene rings is 1. The van der Waals surface area contributed by atoms with Crippen LogP contribution in [-0.4, -0.2) is 43.2 Å². The molecule has 18 heavy (non-hydrogen) atoms. The van der Waals surface area contributed by atoms with Gasteiger partial charge in [0.2, 0.25) is 0 Å². The quantitative estimate of drug-likeness (QED) is 0.883. The van der Waals surface area contributed by atoms with Gasteiger partial charge in [0, 0.05) is 24.8 Å². The Bertz CT molecular complexity index is 403. The van der Waals surface area contributed by atoms with Gasteiger partial charge in [0.25, 0.3) is 0 Å². The van der Waals surface area contributed by atoms with Crippen LogP contribution in [0.25, 0.3) is 0 Å². The van der Waals surface area contributed by atoms with Crippen LogP contribution in [0.15, 0.2) is 18.2 Å². The van der Waals surface area contributed by atoms with Gasteiger partial charge in [0.15, 0.2) is 0 Å². The minimum atomic E-state index is 0.132. The van der Waals surface area contributed by atoms with Crippen LogP contribution in [0.3, 0.4) is 0 Å². The average Bonchev–Trinajstić information content (AvgIpc) is 2.76. The lowest BCUT2D eigenvalue weighted by Gasteiger charge is -2.29. The summed E-state index contributed by atoms with van der Waals surface area (Å²) in [5, 5.41) is 9.23. The maximum absolute atomic E-state index is 9.23. The largest absolute Gasteiger partial charge is 0.392 e. The number of nitrogens with zero attached hydrogens (tertiary/aromatic N) is 2. The first-order chi connectivity index (χ1) is 8.61. The zero-order chi connectivity index (χ0) is 13.1. The molecule has 3 nitrogen and oxygen atoms in total. The summed E-state index contributed by atoms with van der Waals surface area (Å²) >= 11 is 0. The predicted molar refractivity (Wildman–Crippen MR) is 76.0 cm³/mol. The Labute approximate surface area is 110 Å². The summed E-state index contributed by atoms with van der Waals surface area (Å²) in [6.45, 7) is 4.47. The molecule has 1 unspecified atom stereocenters. The Morgan fingerprint density at radius 3 is 2.78 bits per heavy atom. The number of aliphatic hydroxyl groups excluding tert-OH is 1. The topological polar surface area (TPSA) is 26.7 Å². The van der Waals surface area contributed by atoms with Crippen LogP contribution in [0.1, 0.15) is 24.0 Å². The molecule has 0 saturated carbocycles. The monoisotopic (exact) mass is 248 g/mol. The highest BCUT2D eigenvalue weighted by Crippen LogP contribution is 2.27. The van der Waals surface area contributed by atoms with Crippen LogP contribution in [0.5, 0.6) is 0 Å². The highest BCUT2D eigenvalue weighted by atomic mass is 16.3. The maximum atomic E-state index is 9.23. The number of anilines is 1. The van der Waals surface area contributed by atoms with Gasteiger partial charge < -0.3 is 14.9 Å². The van der Waals surface area contributed by atoms with E-state index in [2.05, 4.69) is 49.0 Å². The lowest BCUT2D eigenvalue weighted by Crippen LogP contribution is -2.37. The number of rotatable bonds is 4. The molecule has 0 spiro atoms. The van der Waals surface area contributed by atoms with E-state index < -0.39 is 0 Å². The molecule has 1 N–H and O–H groups in total. The number of aliphatic hydroxyl groups is 1. The third-order valence-corrected chi connectivity index (χ3v) is 3.78. The van der Waals surface area contributed by atoms with Crippen LogP contribution >= 0.6 is 0 Å². The van der Waals surface area contributed by atoms with E-state index >= 15 is 0 Å². The molecule has 0 bridgehead atoms. The molecule has 1 atom stereocenters. The molecule has 0 aromatic heterocycles. The van der Waals surface area contributed by atoms with Crippen molar-refractivity contribution in [2.24, 2.45) is 0 Å². The lowest BCUT2D eigenvalue weighted by atomic mass is 10.1. The second-order valence-electron chi connectivity index (χ2n) is 5.52. The minimum Gasteiger partial charge on any atom is -0.392 e. The van der Waals surface area contributed by atoms with Gasteiger partial charge in [-0.25, -0.2) is 0 Å². The zero-order valence-electron chi connectivity index (χ0n) is 11.7. The molecule has 1 aliphatic rings. The third-order valence-electron chi connectivity index (χ3n) is 3.78. The van der Waals surface area contributed by atoms with E-state index in [1.165, 1.54) is 24.1 Å². The number of aryl methyl sites for hydroxylation is 1. The fourth-order valence-electron chi connectivity index (χ4n) is 2.82. The highest BCUT2D eigenvalue weighted by molar-refractivity contribution is 5.52. The van der Waals surface area contributed by atoms with E-state index in [1.807, 2.05) is 0 Å². The van der Waals surface area contributed by atoms with Crippen molar-refractivity contribution in [1.82, 2.24) is 4.90 Å². The molecular weight excluding hydrogens is 224 g/mol. The zero-order valence-corrected chi connectivity index (χ0v) is 11.7. The standard InChI is InChI=1S/C15H24N2O/c1-12-9-14(7-6-13(12)11-18)17-8-4-5-15(17)10-16(2)3/h6-7,9,15,18H,4-5,8,10-11H2,1-3H3. The summed E-state index contributed by atoms with van der Waals surface area (Å²) in [6, 6.07) is 7.03. The molecule has 0 radical (unpaired) electrons. The van der Waals surface area contributed by atoms with E-state index in [-0.39, 0.29) is 6.61 Å². The van der Waals surface area contributed by atoms with Crippen molar-refractivity contribution in [2.75, 3.05) is 32.1 Å². The number of hydrogen-bond donors (Lipinski definition) is 1. The van der Waals surface area contributed by atoms with Crippen molar-refractivity contribution < 1.29 is 5.11 Å². The van der Waals surface area contributed by atoms with Gasteiger partial charge >= 0.3 is 0 Å². The molecule has 1 aliphatic heterocycles. The van der Waals surface area contributed by atoms with Crippen molar-refractivity contribution in [3.05, 3.63) is 29.3 Å². The lowest BCUT2D eigenvalue weighted by molar-refractivity contribution is 0.281. The third kappa shape index (κ3) is 2.85. The molecule has 3 heteroatoms. The molecule has 0 aliphatic carbocycles. The van der Waals surface area contributed by atoms with Crippen LogP contribution in [0.2, 0.25) is 0 Å². The van der Waals surface area contributed by atoms with Gasteiger partial charge in [-0.1, -0.05) is 6.07 Å². The van der Waals surface area contributed by atoms with Crippen molar-refractivity contribution in [3.8, 4) is 0 Å². The Balaban J connectivity index is 2.17.